The van der Waals surface area contributed by atoms with Crippen molar-refractivity contribution < 1.29 is 4.79 Å². The third-order valence-electron chi connectivity index (χ3n) is 4.77. The maximum atomic E-state index is 12.5. The number of hydrogen-bond donors (Lipinski definition) is 1. The quantitative estimate of drug-likeness (QED) is 0.927. The molecular weight excluding hydrogens is 282 g/mol. The fourth-order valence-electron chi connectivity index (χ4n) is 3.66. The van der Waals surface area contributed by atoms with E-state index in [0.29, 0.717) is 12.1 Å². The molecule has 2 saturated heterocycles. The number of benzene rings is 1. The van der Waals surface area contributed by atoms with Gasteiger partial charge in [0, 0.05) is 24.2 Å². The van der Waals surface area contributed by atoms with Crippen molar-refractivity contribution in [3.8, 4) is 0 Å². The van der Waals surface area contributed by atoms with Crippen LogP contribution in [-0.2, 0) is 0 Å². The van der Waals surface area contributed by atoms with Crippen molar-refractivity contribution in [3.05, 3.63) is 29.3 Å². The van der Waals surface area contributed by atoms with E-state index in [-0.39, 0.29) is 5.91 Å². The molecule has 1 aromatic heterocycles. The topological polar surface area (TPSA) is 45.2 Å². The van der Waals surface area contributed by atoms with Gasteiger partial charge in [-0.05, 0) is 44.0 Å². The second-order valence-corrected chi connectivity index (χ2v) is 6.89. The second-order valence-electron chi connectivity index (χ2n) is 6.00. The van der Waals surface area contributed by atoms with Gasteiger partial charge in [0.1, 0.15) is 0 Å². The van der Waals surface area contributed by atoms with E-state index in [1.807, 2.05) is 23.7 Å². The van der Waals surface area contributed by atoms with E-state index in [2.05, 4.69) is 15.2 Å². The lowest BCUT2D eigenvalue weighted by Crippen LogP contribution is -2.46. The first-order valence-corrected chi connectivity index (χ1v) is 8.57. The predicted molar refractivity (Wildman–Crippen MR) is 84.7 cm³/mol. The Kier molecular flexibility index (Phi) is 3.39. The summed E-state index contributed by atoms with van der Waals surface area (Å²) in [5.74, 6) is 0.0581. The minimum absolute atomic E-state index is 0.0581. The zero-order valence-corrected chi connectivity index (χ0v) is 12.7. The fourth-order valence-corrected chi connectivity index (χ4v) is 4.38. The van der Waals surface area contributed by atoms with Crippen LogP contribution in [0.3, 0.4) is 0 Å². The Hall–Kier alpha value is -1.46. The maximum Gasteiger partial charge on any atom is 0.251 e. The molecule has 0 unspecified atom stereocenters. The van der Waals surface area contributed by atoms with Crippen LogP contribution in [-0.4, -0.2) is 41.0 Å². The Morgan fingerprint density at radius 1 is 1.29 bits per heavy atom. The second kappa shape index (κ2) is 5.39. The first kappa shape index (κ1) is 13.2. The molecule has 1 aromatic carbocycles. The van der Waals surface area contributed by atoms with E-state index < -0.39 is 0 Å². The van der Waals surface area contributed by atoms with Gasteiger partial charge in [-0.25, -0.2) is 4.98 Å². The molecule has 1 amide bonds. The number of carbonyl (C=O) groups is 1. The number of fused-ring (bicyclic) bond motifs is 2. The number of piperidine rings is 1. The van der Waals surface area contributed by atoms with Gasteiger partial charge in [0.25, 0.3) is 5.91 Å². The van der Waals surface area contributed by atoms with E-state index in [1.54, 1.807) is 11.3 Å². The van der Waals surface area contributed by atoms with E-state index in [0.717, 1.165) is 28.7 Å². The molecule has 0 spiro atoms. The highest BCUT2D eigenvalue weighted by atomic mass is 32.1. The molecule has 110 valence electrons. The lowest BCUT2D eigenvalue weighted by Gasteiger charge is -2.32. The summed E-state index contributed by atoms with van der Waals surface area (Å²) in [7, 11) is 0. The lowest BCUT2D eigenvalue weighted by atomic mass is 9.99. The summed E-state index contributed by atoms with van der Waals surface area (Å²) >= 11 is 1.58. The number of thiazole rings is 1. The normalized spacial score (nSPS) is 25.9. The highest BCUT2D eigenvalue weighted by Crippen LogP contribution is 2.27. The van der Waals surface area contributed by atoms with Gasteiger partial charge >= 0.3 is 0 Å². The third kappa shape index (κ3) is 2.45. The molecule has 2 atom stereocenters. The first-order chi connectivity index (χ1) is 10.3. The molecule has 0 bridgehead atoms. The van der Waals surface area contributed by atoms with Crippen LogP contribution in [0.5, 0.6) is 0 Å². The molecule has 0 aliphatic carbocycles. The summed E-state index contributed by atoms with van der Waals surface area (Å²) in [6, 6.07) is 6.63. The molecule has 2 aromatic rings. The zero-order chi connectivity index (χ0) is 14.2. The van der Waals surface area contributed by atoms with Crippen molar-refractivity contribution in [3.63, 3.8) is 0 Å². The highest BCUT2D eigenvalue weighted by molar-refractivity contribution is 7.16. The number of nitrogens with zero attached hydrogens (tertiary/aromatic N) is 2. The summed E-state index contributed by atoms with van der Waals surface area (Å²) < 4.78 is 1.08. The largest absolute Gasteiger partial charge is 0.348 e. The van der Waals surface area contributed by atoms with Gasteiger partial charge in [0.15, 0.2) is 0 Å². The molecule has 5 heteroatoms. The van der Waals surface area contributed by atoms with Crippen molar-refractivity contribution in [2.24, 2.45) is 0 Å². The Morgan fingerprint density at radius 2 is 2.24 bits per heavy atom. The monoisotopic (exact) mass is 301 g/mol. The van der Waals surface area contributed by atoms with Crippen LogP contribution in [0, 0.1) is 0 Å². The molecule has 2 fully saturated rings. The highest BCUT2D eigenvalue weighted by Gasteiger charge is 2.36. The number of aromatic nitrogens is 1. The SMILES string of the molecule is O=C(N[C@@H]1CCN2CCCC[C@H]12)c1ccc2ncsc2c1. The van der Waals surface area contributed by atoms with Crippen LogP contribution in [0.2, 0.25) is 0 Å². The van der Waals surface area contributed by atoms with Crippen LogP contribution in [0.15, 0.2) is 23.7 Å². The molecule has 1 N–H and O–H groups in total. The van der Waals surface area contributed by atoms with Gasteiger partial charge in [-0.1, -0.05) is 6.42 Å². The number of nitrogens with one attached hydrogen (secondary N) is 1. The van der Waals surface area contributed by atoms with Crippen molar-refractivity contribution in [2.75, 3.05) is 13.1 Å². The maximum absolute atomic E-state index is 12.5. The van der Waals surface area contributed by atoms with E-state index in [9.17, 15) is 4.79 Å². The van der Waals surface area contributed by atoms with Gasteiger partial charge in [-0.2, -0.15) is 0 Å². The fraction of sp³-hybridized carbons (Fsp3) is 0.500. The summed E-state index contributed by atoms with van der Waals surface area (Å²) in [6.07, 6.45) is 4.90. The Bertz CT molecular complexity index is 668. The average Bonchev–Trinajstić information content (AvgIpc) is 3.13. The summed E-state index contributed by atoms with van der Waals surface area (Å²) in [6.45, 7) is 2.33. The van der Waals surface area contributed by atoms with E-state index >= 15 is 0 Å². The molecular formula is C16H19N3OS. The minimum Gasteiger partial charge on any atom is -0.348 e. The lowest BCUT2D eigenvalue weighted by molar-refractivity contribution is 0.0915. The van der Waals surface area contributed by atoms with Crippen molar-refractivity contribution in [1.29, 1.82) is 0 Å². The van der Waals surface area contributed by atoms with Crippen LogP contribution in [0.25, 0.3) is 10.2 Å². The molecule has 4 nitrogen and oxygen atoms in total. The van der Waals surface area contributed by atoms with Gasteiger partial charge in [0.05, 0.1) is 15.7 Å². The first-order valence-electron chi connectivity index (χ1n) is 7.69. The Morgan fingerprint density at radius 3 is 3.19 bits per heavy atom. The zero-order valence-electron chi connectivity index (χ0n) is 11.9. The number of rotatable bonds is 2. The number of hydrogen-bond acceptors (Lipinski definition) is 4. The molecule has 3 heterocycles. The van der Waals surface area contributed by atoms with Gasteiger partial charge < -0.3 is 5.32 Å². The number of carbonyl (C=O) groups excluding carboxylic acids is 1. The van der Waals surface area contributed by atoms with Crippen molar-refractivity contribution in [2.45, 2.75) is 37.8 Å². The van der Waals surface area contributed by atoms with Crippen LogP contribution >= 0.6 is 11.3 Å². The van der Waals surface area contributed by atoms with Crippen LogP contribution in [0.1, 0.15) is 36.0 Å². The number of amides is 1. The standard InChI is InChI=1S/C16H19N3OS/c20-16(11-4-5-13-15(9-11)21-10-17-13)18-12-6-8-19-7-2-1-3-14(12)19/h4-5,9-10,12,14H,1-3,6-8H2,(H,18,20)/t12-,14-/m1/s1. The predicted octanol–water partition coefficient (Wildman–Crippen LogP) is 2.65. The van der Waals surface area contributed by atoms with Gasteiger partial charge in [-0.3, -0.25) is 9.69 Å². The molecule has 0 saturated carbocycles. The van der Waals surface area contributed by atoms with Crippen molar-refractivity contribution in [1.82, 2.24) is 15.2 Å². The smallest absolute Gasteiger partial charge is 0.251 e. The molecule has 4 rings (SSSR count). The molecule has 21 heavy (non-hydrogen) atoms. The molecule has 2 aliphatic rings. The van der Waals surface area contributed by atoms with Gasteiger partial charge in [0.2, 0.25) is 0 Å². The van der Waals surface area contributed by atoms with E-state index in [4.69, 9.17) is 0 Å². The van der Waals surface area contributed by atoms with Crippen molar-refractivity contribution >= 4 is 27.5 Å². The summed E-state index contributed by atoms with van der Waals surface area (Å²) in [5, 5.41) is 3.25. The van der Waals surface area contributed by atoms with Crippen LogP contribution < -0.4 is 5.32 Å². The summed E-state index contributed by atoms with van der Waals surface area (Å²) in [4.78, 5) is 19.3. The summed E-state index contributed by atoms with van der Waals surface area (Å²) in [5.41, 5.74) is 3.54. The van der Waals surface area contributed by atoms with Crippen LogP contribution in [0.4, 0.5) is 0 Å². The Balaban J connectivity index is 1.50. The third-order valence-corrected chi connectivity index (χ3v) is 5.56. The minimum atomic E-state index is 0.0581. The van der Waals surface area contributed by atoms with E-state index in [1.165, 1.54) is 25.8 Å². The Labute approximate surface area is 128 Å². The molecule has 0 radical (unpaired) electrons. The molecule has 2 aliphatic heterocycles. The van der Waals surface area contributed by atoms with Gasteiger partial charge in [-0.15, -0.1) is 11.3 Å². The average molecular weight is 301 g/mol.